The molecule has 0 amide bonds. The molecule has 8 rings (SSSR count). The first-order chi connectivity index (χ1) is 18.2. The standard InChI is InChI=1S/C35H31N2/c1-22-15-16-28-33-27(25-11-4-3-5-12-25)13-8-14-29(33)37-30-21-24(19-23-9-6-7-10-23)20-26-17-18-36(2)35(32(26)30)31(22)34(28)37/h3-5,8,11-18,20-21,23H,6-7,9-10,19H2,1-2H3/q+1. The minimum Gasteiger partial charge on any atom is -0.307 e. The summed E-state index contributed by atoms with van der Waals surface area (Å²) in [5.41, 5.74) is 10.8. The SMILES string of the molecule is Cc1ccc2c3c(-c4ccccc4)cccc3n3c4cc(CC5CCCC5)cc5cc[n+](C)c(c1c23)c54. The molecule has 0 atom stereocenters. The van der Waals surface area contributed by atoms with E-state index >= 15 is 0 Å². The summed E-state index contributed by atoms with van der Waals surface area (Å²) in [4.78, 5) is 0. The van der Waals surface area contributed by atoms with Crippen molar-refractivity contribution in [2.45, 2.75) is 39.0 Å². The average molecular weight is 480 g/mol. The van der Waals surface area contributed by atoms with E-state index < -0.39 is 0 Å². The van der Waals surface area contributed by atoms with Crippen LogP contribution in [-0.2, 0) is 13.5 Å². The zero-order chi connectivity index (χ0) is 24.7. The third-order valence-corrected chi connectivity index (χ3v) is 9.00. The molecule has 1 aliphatic rings. The molecule has 2 heteroatoms. The van der Waals surface area contributed by atoms with Crippen molar-refractivity contribution < 1.29 is 4.57 Å². The van der Waals surface area contributed by atoms with Gasteiger partial charge in [-0.15, -0.1) is 0 Å². The summed E-state index contributed by atoms with van der Waals surface area (Å²) in [7, 11) is 2.21. The van der Waals surface area contributed by atoms with Gasteiger partial charge in [0.05, 0.1) is 27.3 Å². The van der Waals surface area contributed by atoms with Crippen LogP contribution in [0.5, 0.6) is 0 Å². The Morgan fingerprint density at radius 1 is 0.811 bits per heavy atom. The molecule has 0 N–H and O–H groups in total. The molecule has 3 heterocycles. The number of aryl methyl sites for hydroxylation is 2. The maximum Gasteiger partial charge on any atom is 0.224 e. The van der Waals surface area contributed by atoms with Gasteiger partial charge in [0, 0.05) is 16.8 Å². The summed E-state index contributed by atoms with van der Waals surface area (Å²) in [5.74, 6) is 0.827. The van der Waals surface area contributed by atoms with E-state index in [9.17, 15) is 0 Å². The lowest BCUT2D eigenvalue weighted by Gasteiger charge is -2.15. The van der Waals surface area contributed by atoms with Gasteiger partial charge < -0.3 is 4.40 Å². The maximum atomic E-state index is 2.59. The Kier molecular flexibility index (Phi) is 4.47. The van der Waals surface area contributed by atoms with E-state index in [1.807, 2.05) is 0 Å². The second-order valence-electron chi connectivity index (χ2n) is 11.3. The van der Waals surface area contributed by atoms with Crippen LogP contribution in [0.3, 0.4) is 0 Å². The first-order valence-electron chi connectivity index (χ1n) is 13.8. The van der Waals surface area contributed by atoms with Crippen LogP contribution in [0.1, 0.15) is 36.8 Å². The van der Waals surface area contributed by atoms with Crippen LogP contribution in [0, 0.1) is 12.8 Å². The minimum absolute atomic E-state index is 0.827. The highest BCUT2D eigenvalue weighted by Crippen LogP contribution is 2.44. The van der Waals surface area contributed by atoms with Crippen LogP contribution >= 0.6 is 0 Å². The third-order valence-electron chi connectivity index (χ3n) is 9.00. The van der Waals surface area contributed by atoms with Gasteiger partial charge in [-0.05, 0) is 59.0 Å². The molecule has 0 spiro atoms. The Morgan fingerprint density at radius 2 is 1.65 bits per heavy atom. The topological polar surface area (TPSA) is 8.29 Å². The first kappa shape index (κ1) is 21.2. The molecule has 1 saturated carbocycles. The molecule has 0 aliphatic heterocycles. The summed E-state index contributed by atoms with van der Waals surface area (Å²) in [6.45, 7) is 2.27. The van der Waals surface area contributed by atoms with E-state index in [4.69, 9.17) is 0 Å². The molecule has 2 nitrogen and oxygen atoms in total. The fraction of sp³-hybridized carbons (Fsp3) is 0.229. The highest BCUT2D eigenvalue weighted by molar-refractivity contribution is 6.27. The fourth-order valence-electron chi connectivity index (χ4n) is 7.35. The Morgan fingerprint density at radius 3 is 2.49 bits per heavy atom. The summed E-state index contributed by atoms with van der Waals surface area (Å²) in [5, 5.41) is 6.82. The van der Waals surface area contributed by atoms with Gasteiger partial charge in [0.25, 0.3) is 0 Å². The number of nitrogens with zero attached hydrogens (tertiary/aromatic N) is 2. The zero-order valence-electron chi connectivity index (χ0n) is 21.6. The lowest BCUT2D eigenvalue weighted by Crippen LogP contribution is -2.29. The van der Waals surface area contributed by atoms with E-state index in [2.05, 4.69) is 108 Å². The van der Waals surface area contributed by atoms with Gasteiger partial charge in [-0.2, -0.15) is 0 Å². The van der Waals surface area contributed by atoms with E-state index in [1.165, 1.54) is 103 Å². The van der Waals surface area contributed by atoms with Crippen LogP contribution in [0.2, 0.25) is 0 Å². The molecule has 0 unspecified atom stereocenters. The molecule has 180 valence electrons. The molecule has 0 bridgehead atoms. The number of aromatic nitrogens is 2. The van der Waals surface area contributed by atoms with Crippen molar-refractivity contribution in [3.8, 4) is 11.1 Å². The Balaban J connectivity index is 1.60. The lowest BCUT2D eigenvalue weighted by molar-refractivity contribution is -0.643. The first-order valence-corrected chi connectivity index (χ1v) is 13.8. The second-order valence-corrected chi connectivity index (χ2v) is 11.3. The Labute approximate surface area is 217 Å². The second kappa shape index (κ2) is 7.79. The number of hydrogen-bond acceptors (Lipinski definition) is 0. The van der Waals surface area contributed by atoms with Crippen molar-refractivity contribution in [2.24, 2.45) is 13.0 Å². The Bertz CT molecular complexity index is 1970. The number of pyridine rings is 2. The van der Waals surface area contributed by atoms with Crippen LogP contribution < -0.4 is 4.57 Å². The molecule has 3 aromatic heterocycles. The van der Waals surface area contributed by atoms with Crippen molar-refractivity contribution in [3.63, 3.8) is 0 Å². The van der Waals surface area contributed by atoms with Gasteiger partial charge >= 0.3 is 0 Å². The highest BCUT2D eigenvalue weighted by atomic mass is 15.0. The molecule has 1 fully saturated rings. The van der Waals surface area contributed by atoms with Crippen molar-refractivity contribution in [1.29, 1.82) is 0 Å². The maximum absolute atomic E-state index is 2.59. The lowest BCUT2D eigenvalue weighted by atomic mass is 9.93. The van der Waals surface area contributed by atoms with Gasteiger partial charge in [-0.3, -0.25) is 0 Å². The smallest absolute Gasteiger partial charge is 0.224 e. The molecule has 7 aromatic rings. The number of fused-ring (bicyclic) bond motifs is 5. The number of rotatable bonds is 3. The van der Waals surface area contributed by atoms with Crippen LogP contribution in [-0.4, -0.2) is 4.40 Å². The van der Waals surface area contributed by atoms with Crippen molar-refractivity contribution in [2.75, 3.05) is 0 Å². The summed E-state index contributed by atoms with van der Waals surface area (Å²) in [6.07, 6.45) is 8.99. The van der Waals surface area contributed by atoms with Crippen molar-refractivity contribution in [1.82, 2.24) is 4.40 Å². The van der Waals surface area contributed by atoms with Crippen molar-refractivity contribution >= 4 is 49.0 Å². The number of benzene rings is 4. The monoisotopic (exact) mass is 479 g/mol. The molecule has 0 saturated heterocycles. The largest absolute Gasteiger partial charge is 0.307 e. The van der Waals surface area contributed by atoms with Gasteiger partial charge in [0.2, 0.25) is 5.52 Å². The minimum atomic E-state index is 0.827. The molecule has 1 aliphatic carbocycles. The molecule has 4 aromatic carbocycles. The number of hydrogen-bond donors (Lipinski definition) is 0. The van der Waals surface area contributed by atoms with E-state index in [0.29, 0.717) is 0 Å². The predicted molar refractivity (Wildman–Crippen MR) is 156 cm³/mol. The van der Waals surface area contributed by atoms with Gasteiger partial charge in [0.15, 0.2) is 6.20 Å². The van der Waals surface area contributed by atoms with Gasteiger partial charge in [-0.1, -0.05) is 86.3 Å². The summed E-state index contributed by atoms with van der Waals surface area (Å²) >= 11 is 0. The highest BCUT2D eigenvalue weighted by Gasteiger charge is 2.26. The third kappa shape index (κ3) is 2.96. The summed E-state index contributed by atoms with van der Waals surface area (Å²) < 4.78 is 4.93. The molecule has 37 heavy (non-hydrogen) atoms. The van der Waals surface area contributed by atoms with Gasteiger partial charge in [0.1, 0.15) is 7.05 Å². The van der Waals surface area contributed by atoms with Crippen LogP contribution in [0.4, 0.5) is 0 Å². The van der Waals surface area contributed by atoms with Crippen LogP contribution in [0.25, 0.3) is 60.1 Å². The quantitative estimate of drug-likeness (QED) is 0.136. The fourth-order valence-corrected chi connectivity index (χ4v) is 7.35. The molecular weight excluding hydrogens is 448 g/mol. The molecular formula is C35H31N2+. The van der Waals surface area contributed by atoms with E-state index in [-0.39, 0.29) is 0 Å². The van der Waals surface area contributed by atoms with Gasteiger partial charge in [-0.25, -0.2) is 4.57 Å². The van der Waals surface area contributed by atoms with E-state index in [1.54, 1.807) is 0 Å². The Hall–Kier alpha value is -3.91. The summed E-state index contributed by atoms with van der Waals surface area (Å²) in [6, 6.07) is 29.7. The van der Waals surface area contributed by atoms with E-state index in [0.717, 1.165) is 5.92 Å². The molecule has 0 radical (unpaired) electrons. The van der Waals surface area contributed by atoms with Crippen molar-refractivity contribution in [3.05, 3.63) is 96.2 Å². The predicted octanol–water partition coefficient (Wildman–Crippen LogP) is 8.52. The van der Waals surface area contributed by atoms with Crippen LogP contribution in [0.15, 0.2) is 85.1 Å². The normalized spacial score (nSPS) is 14.9. The average Bonchev–Trinajstić information content (AvgIpc) is 3.55. The zero-order valence-corrected chi connectivity index (χ0v) is 21.6.